The van der Waals surface area contributed by atoms with Crippen LogP contribution >= 0.6 is 0 Å². The first-order chi connectivity index (χ1) is 13.1. The lowest BCUT2D eigenvalue weighted by atomic mass is 9.85. The summed E-state index contributed by atoms with van der Waals surface area (Å²) in [4.78, 5) is 23.8. The van der Waals surface area contributed by atoms with Gasteiger partial charge in [-0.15, -0.1) is 0 Å². The van der Waals surface area contributed by atoms with Gasteiger partial charge in [-0.1, -0.05) is 20.8 Å². The monoisotopic (exact) mass is 381 g/mol. The van der Waals surface area contributed by atoms with Crippen LogP contribution in [0.4, 0.5) is 4.39 Å². The van der Waals surface area contributed by atoms with Gasteiger partial charge < -0.3 is 9.67 Å². The second-order valence-electron chi connectivity index (χ2n) is 8.13. The molecular formula is C21H20FN3O3. The largest absolute Gasteiger partial charge is 0.477 e. The van der Waals surface area contributed by atoms with E-state index in [1.165, 1.54) is 24.4 Å². The number of carboxylic acids is 1. The molecule has 7 heteroatoms. The Morgan fingerprint density at radius 2 is 1.86 bits per heavy atom. The molecule has 1 aromatic carbocycles. The fourth-order valence-electron chi connectivity index (χ4n) is 3.64. The van der Waals surface area contributed by atoms with Crippen molar-refractivity contribution >= 4 is 5.97 Å². The molecule has 0 radical (unpaired) electrons. The molecule has 4 rings (SSSR count). The molecule has 6 nitrogen and oxygen atoms in total. The van der Waals surface area contributed by atoms with Crippen LogP contribution < -0.4 is 5.43 Å². The Hall–Kier alpha value is -3.22. The molecule has 0 saturated carbocycles. The third kappa shape index (κ3) is 2.93. The number of carbonyl (C=O) groups is 1. The van der Waals surface area contributed by atoms with Gasteiger partial charge in [0, 0.05) is 17.8 Å². The van der Waals surface area contributed by atoms with Gasteiger partial charge in [0.25, 0.3) is 0 Å². The maximum Gasteiger partial charge on any atom is 0.341 e. The van der Waals surface area contributed by atoms with Crippen molar-refractivity contribution in [1.29, 1.82) is 0 Å². The lowest BCUT2D eigenvalue weighted by molar-refractivity contribution is 0.0693. The number of nitrogens with zero attached hydrogens (tertiary/aromatic N) is 3. The zero-order valence-electron chi connectivity index (χ0n) is 15.8. The van der Waals surface area contributed by atoms with Gasteiger partial charge in [-0.05, 0) is 35.7 Å². The highest BCUT2D eigenvalue weighted by atomic mass is 19.1. The molecule has 2 aromatic heterocycles. The number of benzene rings is 1. The first-order valence-electron chi connectivity index (χ1n) is 8.99. The lowest BCUT2D eigenvalue weighted by Crippen LogP contribution is -2.35. The Morgan fingerprint density at radius 3 is 2.46 bits per heavy atom. The molecule has 0 unspecified atom stereocenters. The topological polar surface area (TPSA) is 77.1 Å². The summed E-state index contributed by atoms with van der Waals surface area (Å²) in [6, 6.07) is 9.19. The van der Waals surface area contributed by atoms with Crippen LogP contribution in [0.15, 0.2) is 47.4 Å². The van der Waals surface area contributed by atoms with E-state index in [0.717, 1.165) is 11.3 Å². The number of aromatic nitrogens is 3. The van der Waals surface area contributed by atoms with Crippen LogP contribution in [0.25, 0.3) is 22.6 Å². The van der Waals surface area contributed by atoms with E-state index >= 15 is 0 Å². The summed E-state index contributed by atoms with van der Waals surface area (Å²) >= 11 is 0. The molecule has 0 fully saturated rings. The van der Waals surface area contributed by atoms with Crippen LogP contribution in [-0.4, -0.2) is 25.4 Å². The van der Waals surface area contributed by atoms with Gasteiger partial charge in [0.2, 0.25) is 0 Å². The van der Waals surface area contributed by atoms with Gasteiger partial charge in [0.15, 0.2) is 5.43 Å². The number of hydrogen-bond donors (Lipinski definition) is 1. The zero-order chi connectivity index (χ0) is 20.2. The van der Waals surface area contributed by atoms with Crippen molar-refractivity contribution in [2.24, 2.45) is 5.41 Å². The summed E-state index contributed by atoms with van der Waals surface area (Å²) in [6.07, 6.45) is 1.43. The molecule has 0 aliphatic carbocycles. The normalized spacial score (nSPS) is 15.8. The van der Waals surface area contributed by atoms with E-state index in [0.29, 0.717) is 17.9 Å². The summed E-state index contributed by atoms with van der Waals surface area (Å²) in [5.74, 6) is -1.56. The third-order valence-electron chi connectivity index (χ3n) is 5.17. The third-order valence-corrected chi connectivity index (χ3v) is 5.17. The fourth-order valence-corrected chi connectivity index (χ4v) is 3.64. The maximum atomic E-state index is 13.2. The van der Waals surface area contributed by atoms with Crippen molar-refractivity contribution in [3.8, 4) is 22.6 Å². The van der Waals surface area contributed by atoms with E-state index in [9.17, 15) is 19.1 Å². The predicted molar refractivity (Wildman–Crippen MR) is 103 cm³/mol. The Kier molecular flexibility index (Phi) is 3.99. The summed E-state index contributed by atoms with van der Waals surface area (Å²) in [5.41, 5.74) is 1.82. The molecule has 3 heterocycles. The molecule has 1 aliphatic heterocycles. The highest BCUT2D eigenvalue weighted by Crippen LogP contribution is 2.40. The second-order valence-corrected chi connectivity index (χ2v) is 8.13. The number of hydrogen-bond acceptors (Lipinski definition) is 3. The van der Waals surface area contributed by atoms with Crippen LogP contribution in [0.1, 0.15) is 37.2 Å². The summed E-state index contributed by atoms with van der Waals surface area (Å²) in [5, 5.41) is 14.0. The summed E-state index contributed by atoms with van der Waals surface area (Å²) in [6.45, 7) is 6.73. The Labute approximate surface area is 160 Å². The van der Waals surface area contributed by atoms with Crippen molar-refractivity contribution in [2.75, 3.05) is 0 Å². The molecule has 1 N–H and O–H groups in total. The average Bonchev–Trinajstić information content (AvgIpc) is 3.04. The summed E-state index contributed by atoms with van der Waals surface area (Å²) < 4.78 is 17.0. The number of halogens is 1. The van der Waals surface area contributed by atoms with Crippen LogP contribution in [0, 0.1) is 11.2 Å². The van der Waals surface area contributed by atoms with E-state index in [4.69, 9.17) is 0 Å². The first-order valence-corrected chi connectivity index (χ1v) is 8.99. The second kappa shape index (κ2) is 6.15. The van der Waals surface area contributed by atoms with E-state index in [2.05, 4.69) is 25.9 Å². The number of carboxylic acid groups (broad SMARTS) is 1. The van der Waals surface area contributed by atoms with Crippen LogP contribution in [0.3, 0.4) is 0 Å². The molecule has 0 amide bonds. The highest BCUT2D eigenvalue weighted by molar-refractivity contribution is 5.87. The lowest BCUT2D eigenvalue weighted by Gasteiger charge is -2.38. The quantitative estimate of drug-likeness (QED) is 0.732. The predicted octanol–water partition coefficient (Wildman–Crippen LogP) is 3.82. The zero-order valence-corrected chi connectivity index (χ0v) is 15.8. The average molecular weight is 381 g/mol. The Bertz CT molecular complexity index is 1140. The van der Waals surface area contributed by atoms with Gasteiger partial charge in [0.1, 0.15) is 11.4 Å². The Morgan fingerprint density at radius 1 is 1.18 bits per heavy atom. The number of rotatable bonds is 2. The molecule has 144 valence electrons. The minimum Gasteiger partial charge on any atom is -0.477 e. The van der Waals surface area contributed by atoms with Crippen LogP contribution in [0.5, 0.6) is 0 Å². The standard InChI is InChI=1S/C21H20FN3O3/c1-21(2,3)19-11-25-17(8-15(23-25)12-4-6-13(22)7-5-12)16-9-18(26)14(20(27)28)10-24(16)19/h4-10,19H,11H2,1-3H3,(H,27,28)/t19-/m0/s1. The molecule has 3 aromatic rings. The molecular weight excluding hydrogens is 361 g/mol. The fraction of sp³-hybridized carbons (Fsp3) is 0.286. The van der Waals surface area contributed by atoms with Gasteiger partial charge >= 0.3 is 5.97 Å². The molecule has 1 aliphatic rings. The van der Waals surface area contributed by atoms with E-state index in [-0.39, 0.29) is 22.8 Å². The van der Waals surface area contributed by atoms with Gasteiger partial charge in [-0.3, -0.25) is 9.48 Å². The van der Waals surface area contributed by atoms with E-state index in [1.54, 1.807) is 12.1 Å². The van der Waals surface area contributed by atoms with Crippen molar-refractivity contribution in [3.63, 3.8) is 0 Å². The maximum absolute atomic E-state index is 13.2. The molecule has 0 saturated heterocycles. The van der Waals surface area contributed by atoms with Gasteiger partial charge in [-0.2, -0.15) is 5.10 Å². The number of fused-ring (bicyclic) bond motifs is 3. The van der Waals surface area contributed by atoms with Crippen molar-refractivity contribution in [2.45, 2.75) is 33.4 Å². The first kappa shape index (κ1) is 18.2. The van der Waals surface area contributed by atoms with E-state index in [1.807, 2.05) is 15.3 Å². The Balaban J connectivity index is 1.93. The minimum absolute atomic E-state index is 0.0883. The number of pyridine rings is 1. The number of aromatic carboxylic acids is 1. The van der Waals surface area contributed by atoms with Crippen molar-refractivity contribution in [3.05, 3.63) is 64.2 Å². The van der Waals surface area contributed by atoms with Crippen LogP contribution in [0.2, 0.25) is 0 Å². The van der Waals surface area contributed by atoms with Crippen LogP contribution in [-0.2, 0) is 6.54 Å². The molecule has 1 atom stereocenters. The smallest absolute Gasteiger partial charge is 0.341 e. The van der Waals surface area contributed by atoms with Crippen molar-refractivity contribution < 1.29 is 14.3 Å². The SMILES string of the molecule is CC(C)(C)[C@@H]1Cn2nc(-c3ccc(F)cc3)cc2-c2cc(=O)c(C(=O)O)cn21. The van der Waals surface area contributed by atoms with Crippen molar-refractivity contribution in [1.82, 2.24) is 14.3 Å². The molecule has 0 bridgehead atoms. The minimum atomic E-state index is -1.24. The summed E-state index contributed by atoms with van der Waals surface area (Å²) in [7, 11) is 0. The van der Waals surface area contributed by atoms with Gasteiger partial charge in [-0.25, -0.2) is 9.18 Å². The van der Waals surface area contributed by atoms with E-state index < -0.39 is 11.4 Å². The van der Waals surface area contributed by atoms with Gasteiger partial charge in [0.05, 0.1) is 29.7 Å². The molecule has 28 heavy (non-hydrogen) atoms. The molecule has 0 spiro atoms. The highest BCUT2D eigenvalue weighted by Gasteiger charge is 2.34.